The minimum Gasteiger partial charge on any atom is -0.261 e. The van der Waals surface area contributed by atoms with Crippen molar-refractivity contribution in [2.45, 2.75) is 20.8 Å². The van der Waals surface area contributed by atoms with Crippen molar-refractivity contribution in [1.82, 2.24) is 19.9 Å². The highest BCUT2D eigenvalue weighted by molar-refractivity contribution is 5.67. The van der Waals surface area contributed by atoms with Crippen LogP contribution >= 0.6 is 0 Å². The van der Waals surface area contributed by atoms with Gasteiger partial charge in [0.25, 0.3) is 0 Å². The third-order valence-electron chi connectivity index (χ3n) is 2.94. The van der Waals surface area contributed by atoms with Gasteiger partial charge in [-0.15, -0.1) is 0 Å². The smallest absolute Gasteiger partial charge is 0.123 e. The van der Waals surface area contributed by atoms with E-state index < -0.39 is 0 Å². The Hall–Kier alpha value is -2.95. The van der Waals surface area contributed by atoms with Gasteiger partial charge >= 0.3 is 0 Å². The van der Waals surface area contributed by atoms with E-state index >= 15 is 0 Å². The lowest BCUT2D eigenvalue weighted by Gasteiger charge is -1.95. The summed E-state index contributed by atoms with van der Waals surface area (Å²) >= 11 is 0. The summed E-state index contributed by atoms with van der Waals surface area (Å²) < 4.78 is 12.9. The molecule has 0 aliphatic carbocycles. The molecule has 0 atom stereocenters. The summed E-state index contributed by atoms with van der Waals surface area (Å²) in [6.07, 6.45) is 10.5. The average Bonchev–Trinajstić information content (AvgIpc) is 2.54. The van der Waals surface area contributed by atoms with Crippen LogP contribution in [0.25, 0.3) is 12.2 Å². The van der Waals surface area contributed by atoms with E-state index in [4.69, 9.17) is 0 Å². The Morgan fingerprint density at radius 3 is 1.96 bits per heavy atom. The zero-order valence-corrected chi connectivity index (χ0v) is 13.9. The van der Waals surface area contributed by atoms with Gasteiger partial charge in [-0.1, -0.05) is 18.2 Å². The zero-order valence-electron chi connectivity index (χ0n) is 13.9. The van der Waals surface area contributed by atoms with Crippen LogP contribution < -0.4 is 0 Å². The molecule has 3 rings (SSSR count). The van der Waals surface area contributed by atoms with E-state index in [2.05, 4.69) is 19.9 Å². The van der Waals surface area contributed by atoms with E-state index in [1.807, 2.05) is 39.0 Å². The van der Waals surface area contributed by atoms with E-state index in [1.165, 1.54) is 12.1 Å². The molecule has 1 aromatic carbocycles. The van der Waals surface area contributed by atoms with Gasteiger partial charge in [0.15, 0.2) is 0 Å². The fourth-order valence-electron chi connectivity index (χ4n) is 1.94. The van der Waals surface area contributed by atoms with Crippen molar-refractivity contribution in [3.05, 3.63) is 83.2 Å². The molecular formula is C19H19FN4. The van der Waals surface area contributed by atoms with Gasteiger partial charge in [0.1, 0.15) is 5.82 Å². The minimum atomic E-state index is -0.238. The SMILES string of the molecule is Cc1cncc(/C=C/c2cccc(F)c2)n1.Cc1cncc(C)n1. The van der Waals surface area contributed by atoms with Gasteiger partial charge in [-0.2, -0.15) is 0 Å². The average molecular weight is 322 g/mol. The van der Waals surface area contributed by atoms with Gasteiger partial charge < -0.3 is 0 Å². The number of aromatic nitrogens is 4. The lowest BCUT2D eigenvalue weighted by Crippen LogP contribution is -1.86. The van der Waals surface area contributed by atoms with Crippen LogP contribution in [0.5, 0.6) is 0 Å². The summed E-state index contributed by atoms with van der Waals surface area (Å²) in [7, 11) is 0. The van der Waals surface area contributed by atoms with Crippen molar-refractivity contribution >= 4 is 12.2 Å². The van der Waals surface area contributed by atoms with E-state index in [9.17, 15) is 4.39 Å². The van der Waals surface area contributed by atoms with Gasteiger partial charge in [-0.05, 0) is 44.5 Å². The molecule has 24 heavy (non-hydrogen) atoms. The Morgan fingerprint density at radius 2 is 1.42 bits per heavy atom. The monoisotopic (exact) mass is 322 g/mol. The maximum Gasteiger partial charge on any atom is 0.123 e. The fourth-order valence-corrected chi connectivity index (χ4v) is 1.94. The highest BCUT2D eigenvalue weighted by Crippen LogP contribution is 2.08. The van der Waals surface area contributed by atoms with Gasteiger partial charge in [0.2, 0.25) is 0 Å². The van der Waals surface area contributed by atoms with Crippen molar-refractivity contribution in [3.8, 4) is 0 Å². The molecule has 0 radical (unpaired) electrons. The van der Waals surface area contributed by atoms with Crippen molar-refractivity contribution in [1.29, 1.82) is 0 Å². The van der Waals surface area contributed by atoms with E-state index in [-0.39, 0.29) is 5.82 Å². The predicted molar refractivity (Wildman–Crippen MR) is 93.6 cm³/mol. The second kappa shape index (κ2) is 8.62. The Kier molecular flexibility index (Phi) is 6.25. The molecule has 0 bridgehead atoms. The number of rotatable bonds is 2. The molecule has 0 amide bonds. The molecule has 0 saturated carbocycles. The lowest BCUT2D eigenvalue weighted by atomic mass is 10.2. The van der Waals surface area contributed by atoms with Crippen LogP contribution in [-0.4, -0.2) is 19.9 Å². The number of hydrogen-bond acceptors (Lipinski definition) is 4. The molecule has 0 fully saturated rings. The number of hydrogen-bond donors (Lipinski definition) is 0. The molecule has 0 N–H and O–H groups in total. The van der Waals surface area contributed by atoms with Crippen LogP contribution in [0.3, 0.4) is 0 Å². The van der Waals surface area contributed by atoms with Gasteiger partial charge in [0, 0.05) is 18.6 Å². The van der Waals surface area contributed by atoms with Crippen molar-refractivity contribution in [3.63, 3.8) is 0 Å². The van der Waals surface area contributed by atoms with Crippen molar-refractivity contribution < 1.29 is 4.39 Å². The summed E-state index contributed by atoms with van der Waals surface area (Å²) in [6, 6.07) is 6.41. The number of aryl methyl sites for hydroxylation is 3. The summed E-state index contributed by atoms with van der Waals surface area (Å²) in [6.45, 7) is 5.74. The second-order valence-electron chi connectivity index (χ2n) is 5.28. The summed E-state index contributed by atoms with van der Waals surface area (Å²) in [5, 5.41) is 0. The summed E-state index contributed by atoms with van der Waals surface area (Å²) in [5.74, 6) is -0.238. The largest absolute Gasteiger partial charge is 0.261 e. The van der Waals surface area contributed by atoms with Crippen molar-refractivity contribution in [2.75, 3.05) is 0 Å². The summed E-state index contributed by atoms with van der Waals surface area (Å²) in [5.41, 5.74) is 4.39. The Morgan fingerprint density at radius 1 is 0.792 bits per heavy atom. The quantitative estimate of drug-likeness (QED) is 0.710. The van der Waals surface area contributed by atoms with Crippen LogP contribution in [-0.2, 0) is 0 Å². The molecule has 122 valence electrons. The fraction of sp³-hybridized carbons (Fsp3) is 0.158. The first-order valence-corrected chi connectivity index (χ1v) is 7.50. The van der Waals surface area contributed by atoms with Crippen LogP contribution in [0.2, 0.25) is 0 Å². The highest BCUT2D eigenvalue weighted by atomic mass is 19.1. The first kappa shape index (κ1) is 17.4. The Labute approximate surface area is 141 Å². The molecule has 3 aromatic rings. The standard InChI is InChI=1S/C13H11FN2.C6H8N2/c1-10-8-15-9-13(16-10)6-5-11-3-2-4-12(14)7-11;1-5-3-7-4-6(2)8-5/h2-9H,1H3;3-4H,1-2H3/b6-5+;. The summed E-state index contributed by atoms with van der Waals surface area (Å²) in [4.78, 5) is 16.3. The van der Waals surface area contributed by atoms with Gasteiger partial charge in [-0.3, -0.25) is 19.9 Å². The first-order chi connectivity index (χ1) is 11.5. The topological polar surface area (TPSA) is 51.6 Å². The molecule has 0 unspecified atom stereocenters. The maximum absolute atomic E-state index is 12.9. The van der Waals surface area contributed by atoms with Crippen LogP contribution in [0.4, 0.5) is 4.39 Å². The molecule has 2 aromatic heterocycles. The molecule has 0 aliphatic heterocycles. The maximum atomic E-state index is 12.9. The predicted octanol–water partition coefficient (Wildman–Crippen LogP) is 4.19. The Bertz CT molecular complexity index is 766. The van der Waals surface area contributed by atoms with Crippen LogP contribution in [0.1, 0.15) is 28.3 Å². The lowest BCUT2D eigenvalue weighted by molar-refractivity contribution is 0.627. The molecule has 2 heterocycles. The highest BCUT2D eigenvalue weighted by Gasteiger charge is 1.92. The molecule has 0 aliphatic rings. The van der Waals surface area contributed by atoms with Gasteiger partial charge in [-0.25, -0.2) is 4.39 Å². The molecule has 5 heteroatoms. The van der Waals surface area contributed by atoms with Crippen LogP contribution in [0, 0.1) is 26.6 Å². The van der Waals surface area contributed by atoms with Crippen molar-refractivity contribution in [2.24, 2.45) is 0 Å². The second-order valence-corrected chi connectivity index (χ2v) is 5.28. The number of nitrogens with zero attached hydrogens (tertiary/aromatic N) is 4. The zero-order chi connectivity index (χ0) is 17.4. The first-order valence-electron chi connectivity index (χ1n) is 7.50. The Balaban J connectivity index is 0.000000219. The van der Waals surface area contributed by atoms with Crippen LogP contribution in [0.15, 0.2) is 49.1 Å². The minimum absolute atomic E-state index is 0.238. The molecular weight excluding hydrogens is 303 g/mol. The van der Waals surface area contributed by atoms with E-state index in [0.29, 0.717) is 0 Å². The molecule has 0 spiro atoms. The number of halogens is 1. The molecule has 4 nitrogen and oxygen atoms in total. The third kappa shape index (κ3) is 6.04. The molecule has 0 saturated heterocycles. The normalized spacial score (nSPS) is 10.3. The third-order valence-corrected chi connectivity index (χ3v) is 2.94. The van der Waals surface area contributed by atoms with Gasteiger partial charge in [0.05, 0.1) is 29.0 Å². The van der Waals surface area contributed by atoms with E-state index in [1.54, 1.807) is 30.9 Å². The van der Waals surface area contributed by atoms with E-state index in [0.717, 1.165) is 28.3 Å². The number of benzene rings is 1.